The summed E-state index contributed by atoms with van der Waals surface area (Å²) >= 11 is 5.14. The Bertz CT molecular complexity index is 726. The minimum absolute atomic E-state index is 0.351. The quantitative estimate of drug-likeness (QED) is 0.741. The Balaban J connectivity index is 2.22. The first-order valence-corrected chi connectivity index (χ1v) is 8.49. The van der Waals surface area contributed by atoms with Crippen LogP contribution in [0.15, 0.2) is 36.4 Å². The van der Waals surface area contributed by atoms with Gasteiger partial charge in [0.15, 0.2) is 0 Å². The van der Waals surface area contributed by atoms with Gasteiger partial charge in [-0.15, -0.1) is 0 Å². The standard InChI is InChI=1S/C20H25NO2S/c1-13(2)16-7-8-17(18(11-16)21-20(24)22-5)12-23-19-9-6-14(3)10-15(19)4/h6-11,13H,12H2,1-5H3,(H,21,24). The van der Waals surface area contributed by atoms with E-state index in [1.54, 1.807) is 7.11 Å². The van der Waals surface area contributed by atoms with Gasteiger partial charge in [-0.05, 0) is 55.2 Å². The van der Waals surface area contributed by atoms with Crippen molar-refractivity contribution in [2.24, 2.45) is 0 Å². The lowest BCUT2D eigenvalue weighted by molar-refractivity contribution is 0.304. The molecule has 4 heteroatoms. The smallest absolute Gasteiger partial charge is 0.260 e. The van der Waals surface area contributed by atoms with E-state index in [1.165, 1.54) is 11.1 Å². The number of methoxy groups -OCH3 is 1. The summed E-state index contributed by atoms with van der Waals surface area (Å²) in [5.74, 6) is 1.34. The van der Waals surface area contributed by atoms with Gasteiger partial charge < -0.3 is 14.8 Å². The van der Waals surface area contributed by atoms with Gasteiger partial charge in [-0.2, -0.15) is 0 Å². The lowest BCUT2D eigenvalue weighted by Gasteiger charge is -2.16. The maximum atomic E-state index is 6.01. The average Bonchev–Trinajstić information content (AvgIpc) is 2.54. The fraction of sp³-hybridized carbons (Fsp3) is 0.350. The molecule has 0 spiro atoms. The minimum atomic E-state index is 0.351. The van der Waals surface area contributed by atoms with Crippen molar-refractivity contribution >= 4 is 23.1 Å². The molecule has 0 fully saturated rings. The van der Waals surface area contributed by atoms with Crippen LogP contribution in [0.4, 0.5) is 5.69 Å². The topological polar surface area (TPSA) is 30.5 Å². The van der Waals surface area contributed by atoms with Crippen molar-refractivity contribution in [2.45, 2.75) is 40.2 Å². The van der Waals surface area contributed by atoms with Crippen LogP contribution in [0, 0.1) is 13.8 Å². The lowest BCUT2D eigenvalue weighted by atomic mass is 10.0. The van der Waals surface area contributed by atoms with Crippen LogP contribution in [0.1, 0.15) is 42.0 Å². The predicted octanol–water partition coefficient (Wildman–Crippen LogP) is 5.35. The average molecular weight is 343 g/mol. The molecular weight excluding hydrogens is 318 g/mol. The van der Waals surface area contributed by atoms with Gasteiger partial charge in [0.25, 0.3) is 5.17 Å². The Labute approximate surface area is 150 Å². The number of hydrogen-bond donors (Lipinski definition) is 1. The Morgan fingerprint density at radius 3 is 2.50 bits per heavy atom. The van der Waals surface area contributed by atoms with Crippen LogP contribution < -0.4 is 10.1 Å². The summed E-state index contributed by atoms with van der Waals surface area (Å²) in [5, 5.41) is 3.50. The van der Waals surface area contributed by atoms with E-state index in [2.05, 4.69) is 63.3 Å². The van der Waals surface area contributed by atoms with Crippen LogP contribution >= 0.6 is 12.2 Å². The summed E-state index contributed by atoms with van der Waals surface area (Å²) < 4.78 is 11.1. The molecule has 2 aromatic rings. The van der Waals surface area contributed by atoms with E-state index < -0.39 is 0 Å². The number of nitrogens with one attached hydrogen (secondary N) is 1. The first-order chi connectivity index (χ1) is 11.4. The molecule has 0 atom stereocenters. The van der Waals surface area contributed by atoms with E-state index in [0.29, 0.717) is 17.7 Å². The third-order valence-electron chi connectivity index (χ3n) is 3.94. The van der Waals surface area contributed by atoms with Crippen molar-refractivity contribution in [2.75, 3.05) is 12.4 Å². The molecule has 0 aromatic heterocycles. The second-order valence-electron chi connectivity index (χ2n) is 6.25. The first-order valence-electron chi connectivity index (χ1n) is 8.08. The van der Waals surface area contributed by atoms with Gasteiger partial charge in [-0.3, -0.25) is 0 Å². The van der Waals surface area contributed by atoms with Gasteiger partial charge in [0.1, 0.15) is 12.4 Å². The van der Waals surface area contributed by atoms with Gasteiger partial charge in [0, 0.05) is 11.3 Å². The maximum Gasteiger partial charge on any atom is 0.260 e. The van der Waals surface area contributed by atoms with Crippen molar-refractivity contribution in [3.8, 4) is 5.75 Å². The molecule has 3 nitrogen and oxygen atoms in total. The predicted molar refractivity (Wildman–Crippen MR) is 104 cm³/mol. The molecule has 0 aliphatic carbocycles. The van der Waals surface area contributed by atoms with Gasteiger partial charge in [0.05, 0.1) is 7.11 Å². The second kappa shape index (κ2) is 8.15. The number of thiocarbonyl (C=S) groups is 1. The molecule has 2 rings (SSSR count). The molecule has 128 valence electrons. The molecule has 0 radical (unpaired) electrons. The molecule has 1 N–H and O–H groups in total. The highest BCUT2D eigenvalue weighted by Crippen LogP contribution is 2.26. The van der Waals surface area contributed by atoms with Crippen molar-refractivity contribution in [3.05, 3.63) is 58.7 Å². The normalized spacial score (nSPS) is 10.6. The number of anilines is 1. The van der Waals surface area contributed by atoms with Crippen LogP contribution in [0.5, 0.6) is 5.75 Å². The largest absolute Gasteiger partial charge is 0.489 e. The molecule has 0 aliphatic rings. The molecule has 0 amide bonds. The second-order valence-corrected chi connectivity index (χ2v) is 6.62. The van der Waals surface area contributed by atoms with E-state index in [1.807, 2.05) is 6.07 Å². The highest BCUT2D eigenvalue weighted by atomic mass is 32.1. The maximum absolute atomic E-state index is 6.01. The summed E-state index contributed by atoms with van der Waals surface area (Å²) in [7, 11) is 1.56. The Hall–Kier alpha value is -2.07. The summed E-state index contributed by atoms with van der Waals surface area (Å²) in [5.41, 5.74) is 5.58. The van der Waals surface area contributed by atoms with E-state index >= 15 is 0 Å². The highest BCUT2D eigenvalue weighted by Gasteiger charge is 2.10. The van der Waals surface area contributed by atoms with Gasteiger partial charge in [-0.1, -0.05) is 43.7 Å². The summed E-state index contributed by atoms with van der Waals surface area (Å²) in [4.78, 5) is 0. The van der Waals surface area contributed by atoms with Crippen LogP contribution in [0.3, 0.4) is 0 Å². The molecule has 0 saturated carbocycles. The number of ether oxygens (including phenoxy) is 2. The Morgan fingerprint density at radius 2 is 1.88 bits per heavy atom. The minimum Gasteiger partial charge on any atom is -0.489 e. The summed E-state index contributed by atoms with van der Waals surface area (Å²) in [6.07, 6.45) is 0. The fourth-order valence-electron chi connectivity index (χ4n) is 2.47. The first kappa shape index (κ1) is 18.3. The van der Waals surface area contributed by atoms with E-state index in [0.717, 1.165) is 22.6 Å². The van der Waals surface area contributed by atoms with Crippen molar-refractivity contribution in [1.82, 2.24) is 0 Å². The van der Waals surface area contributed by atoms with E-state index in [9.17, 15) is 0 Å². The Morgan fingerprint density at radius 1 is 1.12 bits per heavy atom. The van der Waals surface area contributed by atoms with Crippen LogP contribution in [0.2, 0.25) is 0 Å². The Kier molecular flexibility index (Phi) is 6.21. The zero-order valence-electron chi connectivity index (χ0n) is 15.0. The molecule has 0 unspecified atom stereocenters. The number of aryl methyl sites for hydroxylation is 2. The fourth-order valence-corrected chi connectivity index (χ4v) is 2.58. The molecule has 2 aromatic carbocycles. The van der Waals surface area contributed by atoms with Gasteiger partial charge in [-0.25, -0.2) is 0 Å². The van der Waals surface area contributed by atoms with E-state index in [4.69, 9.17) is 21.7 Å². The number of benzene rings is 2. The van der Waals surface area contributed by atoms with Crippen molar-refractivity contribution in [3.63, 3.8) is 0 Å². The molecule has 0 aliphatic heterocycles. The van der Waals surface area contributed by atoms with E-state index in [-0.39, 0.29) is 0 Å². The van der Waals surface area contributed by atoms with Crippen molar-refractivity contribution < 1.29 is 9.47 Å². The number of hydrogen-bond acceptors (Lipinski definition) is 3. The lowest BCUT2D eigenvalue weighted by Crippen LogP contribution is -2.13. The van der Waals surface area contributed by atoms with Gasteiger partial charge >= 0.3 is 0 Å². The highest BCUT2D eigenvalue weighted by molar-refractivity contribution is 7.80. The van der Waals surface area contributed by atoms with Crippen LogP contribution in [0.25, 0.3) is 0 Å². The molecule has 0 heterocycles. The van der Waals surface area contributed by atoms with Gasteiger partial charge in [0.2, 0.25) is 0 Å². The monoisotopic (exact) mass is 343 g/mol. The van der Waals surface area contributed by atoms with Crippen LogP contribution in [-0.2, 0) is 11.3 Å². The molecule has 0 bridgehead atoms. The molecule has 0 saturated heterocycles. The van der Waals surface area contributed by atoms with Crippen LogP contribution in [-0.4, -0.2) is 12.3 Å². The molecular formula is C20H25NO2S. The van der Waals surface area contributed by atoms with Crippen molar-refractivity contribution in [1.29, 1.82) is 0 Å². The zero-order valence-corrected chi connectivity index (χ0v) is 15.8. The molecule has 24 heavy (non-hydrogen) atoms. The zero-order chi connectivity index (χ0) is 17.7. The third-order valence-corrected chi connectivity index (χ3v) is 4.21. The SMILES string of the molecule is COC(=S)Nc1cc(C(C)C)ccc1COc1ccc(C)cc1C. The summed E-state index contributed by atoms with van der Waals surface area (Å²) in [6.45, 7) is 8.94. The number of rotatable bonds is 5. The summed E-state index contributed by atoms with van der Waals surface area (Å²) in [6, 6.07) is 12.5. The third kappa shape index (κ3) is 4.71.